The molecule has 0 atom stereocenters. The van der Waals surface area contributed by atoms with Gasteiger partial charge in [-0.1, -0.05) is 0 Å². The van der Waals surface area contributed by atoms with Gasteiger partial charge in [0, 0.05) is 48.9 Å². The average molecular weight is 439 g/mol. The Labute approximate surface area is 188 Å². The Kier molecular flexibility index (Phi) is 6.53. The third kappa shape index (κ3) is 4.29. The number of amidine groups is 1. The number of benzene rings is 1. The summed E-state index contributed by atoms with van der Waals surface area (Å²) in [6.45, 7) is 12.9. The smallest absolute Gasteiger partial charge is 0.266 e. The quantitative estimate of drug-likeness (QED) is 0.655. The van der Waals surface area contributed by atoms with Gasteiger partial charge in [-0.05, 0) is 81.4 Å². The van der Waals surface area contributed by atoms with Gasteiger partial charge in [0.05, 0.1) is 18.1 Å². The van der Waals surface area contributed by atoms with Gasteiger partial charge in [0.1, 0.15) is 0 Å². The van der Waals surface area contributed by atoms with Gasteiger partial charge in [0.2, 0.25) is 0 Å². The highest BCUT2D eigenvalue weighted by Gasteiger charge is 2.32. The summed E-state index contributed by atoms with van der Waals surface area (Å²) in [5.74, 6) is 0.0411. The summed E-state index contributed by atoms with van der Waals surface area (Å²) >= 11 is 1.47. The molecule has 0 saturated carbocycles. The molecule has 0 spiro atoms. The van der Waals surface area contributed by atoms with Crippen LogP contribution in [0.2, 0.25) is 0 Å². The number of morpholine rings is 1. The molecule has 2 aliphatic rings. The molecule has 1 aromatic carbocycles. The molecule has 7 heteroatoms. The van der Waals surface area contributed by atoms with Crippen LogP contribution in [0.4, 0.5) is 5.69 Å². The Morgan fingerprint density at radius 3 is 2.42 bits per heavy atom. The van der Waals surface area contributed by atoms with E-state index in [9.17, 15) is 4.79 Å². The lowest BCUT2D eigenvalue weighted by atomic mass is 10.2. The van der Waals surface area contributed by atoms with Crippen LogP contribution in [0.5, 0.6) is 0 Å². The van der Waals surface area contributed by atoms with Gasteiger partial charge in [-0.3, -0.25) is 14.7 Å². The van der Waals surface area contributed by atoms with Crippen molar-refractivity contribution in [3.8, 4) is 5.69 Å². The molecule has 2 saturated heterocycles. The number of nitrogens with zero attached hydrogens (tertiary/aromatic N) is 4. The largest absolute Gasteiger partial charge is 0.378 e. The lowest BCUT2D eigenvalue weighted by Gasteiger charge is -2.29. The van der Waals surface area contributed by atoms with E-state index < -0.39 is 0 Å². The van der Waals surface area contributed by atoms with Crippen LogP contribution in [0, 0.1) is 13.8 Å². The van der Waals surface area contributed by atoms with E-state index in [2.05, 4.69) is 58.6 Å². The first kappa shape index (κ1) is 21.7. The number of aliphatic imine (C=N–C) groups is 1. The highest BCUT2D eigenvalue weighted by molar-refractivity contribution is 8.18. The second-order valence-corrected chi connectivity index (χ2v) is 8.70. The van der Waals surface area contributed by atoms with Crippen molar-refractivity contribution in [2.24, 2.45) is 4.99 Å². The van der Waals surface area contributed by atoms with Gasteiger partial charge in [0.15, 0.2) is 5.17 Å². The summed E-state index contributed by atoms with van der Waals surface area (Å²) in [7, 11) is 0. The number of carbonyl (C=O) groups excluding carboxylic acids is 1. The van der Waals surface area contributed by atoms with Crippen LogP contribution in [-0.4, -0.2) is 59.9 Å². The maximum atomic E-state index is 12.8. The first-order valence-electron chi connectivity index (χ1n) is 10.9. The molecule has 4 rings (SSSR count). The monoisotopic (exact) mass is 438 g/mol. The van der Waals surface area contributed by atoms with Gasteiger partial charge in [-0.15, -0.1) is 0 Å². The topological polar surface area (TPSA) is 50.1 Å². The standard InChI is InChI=1S/C24H30N4O2S/c1-5-25-24-27(6-2)23(29)22(31-24)16-19-15-17(3)28(18(19)4)21-9-7-20(8-10-21)26-11-13-30-14-12-26/h7-10,15-16H,5-6,11-14H2,1-4H3/b22-16-,25-24?. The second kappa shape index (κ2) is 9.32. The fourth-order valence-corrected chi connectivity index (χ4v) is 5.24. The number of carbonyl (C=O) groups is 1. The molecule has 0 aliphatic carbocycles. The summed E-state index contributed by atoms with van der Waals surface area (Å²) in [6.07, 6.45) is 2.01. The number of aryl methyl sites for hydroxylation is 1. The predicted molar refractivity (Wildman–Crippen MR) is 129 cm³/mol. The van der Waals surface area contributed by atoms with Crippen molar-refractivity contribution < 1.29 is 9.53 Å². The van der Waals surface area contributed by atoms with Crippen molar-refractivity contribution in [2.45, 2.75) is 27.7 Å². The van der Waals surface area contributed by atoms with Crippen LogP contribution in [0.15, 0.2) is 40.2 Å². The SMILES string of the molecule is CCN=C1S/C(=C\c2cc(C)n(-c3ccc(N4CCOCC4)cc3)c2C)C(=O)N1CC. The van der Waals surface area contributed by atoms with E-state index in [4.69, 9.17) is 4.74 Å². The number of thioether (sulfide) groups is 1. The maximum Gasteiger partial charge on any atom is 0.266 e. The first-order valence-corrected chi connectivity index (χ1v) is 11.7. The molecule has 6 nitrogen and oxygen atoms in total. The Morgan fingerprint density at radius 2 is 1.77 bits per heavy atom. The molecule has 0 N–H and O–H groups in total. The number of ether oxygens (including phenoxy) is 1. The van der Waals surface area contributed by atoms with Gasteiger partial charge >= 0.3 is 0 Å². The average Bonchev–Trinajstić information content (AvgIpc) is 3.24. The maximum absolute atomic E-state index is 12.8. The van der Waals surface area contributed by atoms with E-state index in [0.29, 0.717) is 13.1 Å². The van der Waals surface area contributed by atoms with E-state index in [0.717, 1.165) is 59.0 Å². The summed E-state index contributed by atoms with van der Waals surface area (Å²) in [5.41, 5.74) is 5.70. The van der Waals surface area contributed by atoms with Crippen molar-refractivity contribution in [1.29, 1.82) is 0 Å². The zero-order chi connectivity index (χ0) is 22.0. The van der Waals surface area contributed by atoms with Crippen LogP contribution >= 0.6 is 11.8 Å². The van der Waals surface area contributed by atoms with Crippen LogP contribution in [-0.2, 0) is 9.53 Å². The summed E-state index contributed by atoms with van der Waals surface area (Å²) in [5, 5.41) is 0.800. The Hall–Kier alpha value is -2.51. The second-order valence-electron chi connectivity index (χ2n) is 7.69. The zero-order valence-electron chi connectivity index (χ0n) is 18.7. The van der Waals surface area contributed by atoms with E-state index in [-0.39, 0.29) is 5.91 Å². The molecule has 1 aromatic heterocycles. The normalized spacial score (nSPS) is 19.8. The van der Waals surface area contributed by atoms with Crippen LogP contribution in [0.3, 0.4) is 0 Å². The zero-order valence-corrected chi connectivity index (χ0v) is 19.5. The third-order valence-electron chi connectivity index (χ3n) is 5.74. The summed E-state index contributed by atoms with van der Waals surface area (Å²) in [4.78, 5) is 22.2. The van der Waals surface area contributed by atoms with Crippen LogP contribution < -0.4 is 4.90 Å². The third-order valence-corrected chi connectivity index (χ3v) is 6.78. The van der Waals surface area contributed by atoms with Gasteiger partial charge < -0.3 is 14.2 Å². The molecule has 31 heavy (non-hydrogen) atoms. The number of hydrogen-bond donors (Lipinski definition) is 0. The van der Waals surface area contributed by atoms with Gasteiger partial charge in [-0.25, -0.2) is 0 Å². The summed E-state index contributed by atoms with van der Waals surface area (Å²) < 4.78 is 7.71. The van der Waals surface area contributed by atoms with E-state index in [1.54, 1.807) is 4.90 Å². The molecule has 2 aromatic rings. The van der Waals surface area contributed by atoms with Crippen molar-refractivity contribution in [3.63, 3.8) is 0 Å². The highest BCUT2D eigenvalue weighted by atomic mass is 32.2. The lowest BCUT2D eigenvalue weighted by molar-refractivity contribution is -0.122. The number of hydrogen-bond acceptors (Lipinski definition) is 5. The molecule has 0 radical (unpaired) electrons. The molecule has 2 aliphatic heterocycles. The minimum atomic E-state index is 0.0411. The van der Waals surface area contributed by atoms with E-state index in [1.165, 1.54) is 17.4 Å². The molecular formula is C24H30N4O2S. The van der Waals surface area contributed by atoms with Crippen molar-refractivity contribution in [1.82, 2.24) is 9.47 Å². The molecule has 164 valence electrons. The van der Waals surface area contributed by atoms with E-state index >= 15 is 0 Å². The van der Waals surface area contributed by atoms with Gasteiger partial charge in [-0.2, -0.15) is 0 Å². The van der Waals surface area contributed by atoms with Crippen LogP contribution in [0.25, 0.3) is 11.8 Å². The minimum Gasteiger partial charge on any atom is -0.378 e. The van der Waals surface area contributed by atoms with Crippen molar-refractivity contribution in [3.05, 3.63) is 52.2 Å². The Balaban J connectivity index is 1.61. The lowest BCUT2D eigenvalue weighted by Crippen LogP contribution is -2.36. The number of aromatic nitrogens is 1. The number of rotatable bonds is 5. The fourth-order valence-electron chi connectivity index (χ4n) is 4.15. The molecule has 3 heterocycles. The summed E-state index contributed by atoms with van der Waals surface area (Å²) in [6, 6.07) is 10.8. The molecule has 2 fully saturated rings. The van der Waals surface area contributed by atoms with E-state index in [1.807, 2.05) is 19.9 Å². The predicted octanol–water partition coefficient (Wildman–Crippen LogP) is 4.24. The Bertz CT molecular complexity index is 1020. The first-order chi connectivity index (χ1) is 15.0. The minimum absolute atomic E-state index is 0.0411. The molecule has 0 bridgehead atoms. The molecular weight excluding hydrogens is 408 g/mol. The Morgan fingerprint density at radius 1 is 1.10 bits per heavy atom. The highest BCUT2D eigenvalue weighted by Crippen LogP contribution is 2.34. The molecule has 1 amide bonds. The van der Waals surface area contributed by atoms with Crippen LogP contribution in [0.1, 0.15) is 30.8 Å². The number of amides is 1. The number of anilines is 1. The fraction of sp³-hybridized carbons (Fsp3) is 0.417. The van der Waals surface area contributed by atoms with Crippen molar-refractivity contribution >= 4 is 34.6 Å². The molecule has 0 unspecified atom stereocenters. The van der Waals surface area contributed by atoms with Gasteiger partial charge in [0.25, 0.3) is 5.91 Å². The number of likely N-dealkylation sites (N-methyl/N-ethyl adjacent to an activating group) is 1. The van der Waals surface area contributed by atoms with Crippen molar-refractivity contribution in [2.75, 3.05) is 44.3 Å².